The van der Waals surface area contributed by atoms with Gasteiger partial charge < -0.3 is 9.84 Å². The molecule has 2 aromatic rings. The lowest BCUT2D eigenvalue weighted by Gasteiger charge is -1.99. The first-order valence-corrected chi connectivity index (χ1v) is 8.42. The third-order valence-electron chi connectivity index (χ3n) is 2.53. The van der Waals surface area contributed by atoms with E-state index in [0.717, 1.165) is 9.13 Å². The average molecular weight is 431 g/mol. The van der Waals surface area contributed by atoms with Gasteiger partial charge in [0.05, 0.1) is 24.9 Å². The molecule has 0 atom stereocenters. The van der Waals surface area contributed by atoms with E-state index in [1.165, 1.54) is 11.3 Å². The monoisotopic (exact) mass is 431 g/mol. The van der Waals surface area contributed by atoms with E-state index in [1.54, 1.807) is 36.7 Å². The van der Waals surface area contributed by atoms with Crippen LogP contribution < -0.4 is 5.43 Å². The Balaban J connectivity index is 1.94. The molecule has 1 aromatic heterocycles. The quantitative estimate of drug-likeness (QED) is 0.318. The van der Waals surface area contributed by atoms with Crippen molar-refractivity contribution < 1.29 is 14.6 Å². The number of aromatic nitrogens is 1. The van der Waals surface area contributed by atoms with Gasteiger partial charge in [0.25, 0.3) is 0 Å². The third-order valence-corrected chi connectivity index (χ3v) is 4.30. The van der Waals surface area contributed by atoms with Crippen molar-refractivity contribution in [1.29, 1.82) is 0 Å². The molecule has 0 fully saturated rings. The molecule has 2 N–H and O–H groups in total. The Morgan fingerprint density at radius 3 is 3.18 bits per heavy atom. The number of aromatic hydroxyl groups is 1. The van der Waals surface area contributed by atoms with E-state index < -0.39 is 0 Å². The lowest BCUT2D eigenvalue weighted by Crippen LogP contribution is -2.07. The molecule has 0 spiro atoms. The summed E-state index contributed by atoms with van der Waals surface area (Å²) in [4.78, 5) is 15.6. The molecule has 0 aliphatic carbocycles. The zero-order chi connectivity index (χ0) is 15.9. The summed E-state index contributed by atoms with van der Waals surface area (Å²) in [6.45, 7) is 2.13. The maximum Gasteiger partial charge on any atom is 0.311 e. The summed E-state index contributed by atoms with van der Waals surface area (Å²) in [6, 6.07) is 5.05. The van der Waals surface area contributed by atoms with Crippen molar-refractivity contribution in [2.24, 2.45) is 5.10 Å². The van der Waals surface area contributed by atoms with Gasteiger partial charge in [0.15, 0.2) is 0 Å². The van der Waals surface area contributed by atoms with Crippen LogP contribution in [-0.4, -0.2) is 28.9 Å². The molecule has 116 valence electrons. The van der Waals surface area contributed by atoms with E-state index >= 15 is 0 Å². The van der Waals surface area contributed by atoms with Gasteiger partial charge in [-0.2, -0.15) is 5.10 Å². The summed E-state index contributed by atoms with van der Waals surface area (Å²) in [5.74, 6) is -0.106. The molecule has 0 saturated carbocycles. The summed E-state index contributed by atoms with van der Waals surface area (Å²) in [6.07, 6.45) is 1.76. The maximum absolute atomic E-state index is 11.4. The fourth-order valence-corrected chi connectivity index (χ4v) is 2.72. The maximum atomic E-state index is 11.4. The van der Waals surface area contributed by atoms with Crippen LogP contribution in [0.25, 0.3) is 0 Å². The van der Waals surface area contributed by atoms with Gasteiger partial charge in [-0.25, -0.2) is 4.98 Å². The van der Waals surface area contributed by atoms with Crippen LogP contribution >= 0.6 is 33.9 Å². The summed E-state index contributed by atoms with van der Waals surface area (Å²) in [5, 5.41) is 15.9. The molecule has 0 saturated heterocycles. The summed E-state index contributed by atoms with van der Waals surface area (Å²) >= 11 is 3.52. The number of rotatable bonds is 6. The summed E-state index contributed by atoms with van der Waals surface area (Å²) < 4.78 is 5.84. The number of benzene rings is 1. The van der Waals surface area contributed by atoms with Crippen LogP contribution in [0, 0.1) is 3.57 Å². The Bertz CT molecular complexity index is 688. The minimum absolute atomic E-state index is 0.153. The van der Waals surface area contributed by atoms with Gasteiger partial charge in [-0.3, -0.25) is 10.2 Å². The third kappa shape index (κ3) is 4.95. The predicted molar refractivity (Wildman–Crippen MR) is 94.5 cm³/mol. The first-order valence-electron chi connectivity index (χ1n) is 6.46. The molecule has 1 aromatic carbocycles. The molecule has 0 radical (unpaired) electrons. The molecule has 0 unspecified atom stereocenters. The minimum Gasteiger partial charge on any atom is -0.508 e. The normalized spacial score (nSPS) is 10.8. The van der Waals surface area contributed by atoms with Crippen molar-refractivity contribution in [3.63, 3.8) is 0 Å². The molecule has 0 amide bonds. The van der Waals surface area contributed by atoms with E-state index in [1.807, 2.05) is 0 Å². The number of esters is 1. The number of nitrogens with zero attached hydrogens (tertiary/aromatic N) is 2. The van der Waals surface area contributed by atoms with Crippen molar-refractivity contribution in [1.82, 2.24) is 4.98 Å². The van der Waals surface area contributed by atoms with Crippen LogP contribution in [0.2, 0.25) is 0 Å². The largest absolute Gasteiger partial charge is 0.508 e. The lowest BCUT2D eigenvalue weighted by atomic mass is 10.2. The second-order valence-electron chi connectivity index (χ2n) is 4.20. The Morgan fingerprint density at radius 1 is 1.59 bits per heavy atom. The molecule has 6 nitrogen and oxygen atoms in total. The van der Waals surface area contributed by atoms with Crippen molar-refractivity contribution >= 4 is 51.2 Å². The first-order chi connectivity index (χ1) is 10.6. The lowest BCUT2D eigenvalue weighted by molar-refractivity contribution is -0.142. The van der Waals surface area contributed by atoms with Gasteiger partial charge in [-0.05, 0) is 47.7 Å². The Hall–Kier alpha value is -1.68. The molecular formula is C14H14IN3O3S. The number of hydrogen-bond donors (Lipinski definition) is 2. The minimum atomic E-state index is -0.294. The Morgan fingerprint density at radius 2 is 2.41 bits per heavy atom. The number of carbonyl (C=O) groups is 1. The van der Waals surface area contributed by atoms with E-state index in [0.29, 0.717) is 17.4 Å². The van der Waals surface area contributed by atoms with Crippen molar-refractivity contribution in [3.8, 4) is 5.75 Å². The fraction of sp³-hybridized carbons (Fsp3) is 0.214. The molecule has 2 rings (SSSR count). The molecule has 8 heteroatoms. The van der Waals surface area contributed by atoms with Crippen LogP contribution in [-0.2, 0) is 16.0 Å². The predicted octanol–water partition coefficient (Wildman–Crippen LogP) is 3.00. The molecule has 0 aliphatic rings. The molecule has 1 heterocycles. The first kappa shape index (κ1) is 16.7. The van der Waals surface area contributed by atoms with Gasteiger partial charge >= 0.3 is 5.97 Å². The molecule has 0 aliphatic heterocycles. The van der Waals surface area contributed by atoms with Gasteiger partial charge in [-0.1, -0.05) is 0 Å². The number of halogens is 1. The molecule has 0 bridgehead atoms. The van der Waals surface area contributed by atoms with Gasteiger partial charge in [0.1, 0.15) is 5.75 Å². The topological polar surface area (TPSA) is 83.8 Å². The van der Waals surface area contributed by atoms with Crippen molar-refractivity contribution in [2.45, 2.75) is 13.3 Å². The highest BCUT2D eigenvalue weighted by atomic mass is 127. The Labute approximate surface area is 145 Å². The fourth-order valence-electron chi connectivity index (χ4n) is 1.59. The number of phenolic OH excluding ortho intramolecular Hbond substituents is 1. The number of hydrogen-bond acceptors (Lipinski definition) is 7. The highest BCUT2D eigenvalue weighted by Gasteiger charge is 2.07. The molecule has 22 heavy (non-hydrogen) atoms. The van der Waals surface area contributed by atoms with Crippen LogP contribution in [0.1, 0.15) is 18.2 Å². The van der Waals surface area contributed by atoms with Crippen LogP contribution in [0.3, 0.4) is 0 Å². The van der Waals surface area contributed by atoms with Crippen LogP contribution in [0.15, 0.2) is 28.7 Å². The number of ether oxygens (including phenoxy) is 1. The second-order valence-corrected chi connectivity index (χ2v) is 6.22. The second kappa shape index (κ2) is 8.08. The van der Waals surface area contributed by atoms with E-state index in [9.17, 15) is 9.90 Å². The van der Waals surface area contributed by atoms with E-state index in [4.69, 9.17) is 4.74 Å². The van der Waals surface area contributed by atoms with Gasteiger partial charge in [0.2, 0.25) is 5.13 Å². The number of hydrazone groups is 1. The van der Waals surface area contributed by atoms with Crippen molar-refractivity contribution in [2.75, 3.05) is 12.0 Å². The van der Waals surface area contributed by atoms with Gasteiger partial charge in [-0.15, -0.1) is 11.3 Å². The van der Waals surface area contributed by atoms with E-state index in [-0.39, 0.29) is 18.1 Å². The number of thiazole rings is 1. The number of nitrogens with one attached hydrogen (secondary N) is 1. The van der Waals surface area contributed by atoms with Crippen LogP contribution in [0.4, 0.5) is 5.13 Å². The smallest absolute Gasteiger partial charge is 0.311 e. The number of phenols is 1. The Kier molecular flexibility index (Phi) is 6.13. The van der Waals surface area contributed by atoms with Crippen molar-refractivity contribution in [3.05, 3.63) is 38.4 Å². The highest BCUT2D eigenvalue weighted by molar-refractivity contribution is 14.1. The summed E-state index contributed by atoms with van der Waals surface area (Å²) in [5.41, 5.74) is 4.25. The number of carbonyl (C=O) groups excluding carboxylic acids is 1. The standard InChI is InChI=1S/C14H14IN3O3S/c1-2-21-13(20)6-10-8-22-14(17-10)18-16-7-9-5-11(19)3-4-12(9)15/h3-5,7-8,19H,2,6H2,1H3,(H,17,18). The zero-order valence-electron chi connectivity index (χ0n) is 11.7. The van der Waals surface area contributed by atoms with Crippen LogP contribution in [0.5, 0.6) is 5.75 Å². The average Bonchev–Trinajstić information content (AvgIpc) is 2.90. The highest BCUT2D eigenvalue weighted by Crippen LogP contribution is 2.18. The van der Waals surface area contributed by atoms with Gasteiger partial charge in [0, 0.05) is 14.5 Å². The van der Waals surface area contributed by atoms with E-state index in [2.05, 4.69) is 38.1 Å². The number of anilines is 1. The molecular weight excluding hydrogens is 417 g/mol. The SMILES string of the molecule is CCOC(=O)Cc1csc(NN=Cc2cc(O)ccc2I)n1. The summed E-state index contributed by atoms with van der Waals surface area (Å²) in [7, 11) is 0. The zero-order valence-corrected chi connectivity index (χ0v) is 14.7.